The van der Waals surface area contributed by atoms with Crippen LogP contribution in [0.15, 0.2) is 91.0 Å². The van der Waals surface area contributed by atoms with Crippen LogP contribution in [0.5, 0.6) is 0 Å². The zero-order valence-electron chi connectivity index (χ0n) is 18.8. The first kappa shape index (κ1) is 23.7. The maximum atomic E-state index is 12.0. The van der Waals surface area contributed by atoms with E-state index in [4.69, 9.17) is 0 Å². The number of rotatable bonds is 7. The van der Waals surface area contributed by atoms with Gasteiger partial charge in [-0.3, -0.25) is 4.79 Å². The Morgan fingerprint density at radius 3 is 2.03 bits per heavy atom. The van der Waals surface area contributed by atoms with E-state index in [1.54, 1.807) is 72.8 Å². The van der Waals surface area contributed by atoms with Gasteiger partial charge in [0.15, 0.2) is 11.9 Å². The molecular weight excluding hydrogens is 442 g/mol. The fourth-order valence-corrected chi connectivity index (χ4v) is 3.97. The van der Waals surface area contributed by atoms with Crippen LogP contribution in [0.2, 0.25) is 0 Å². The first-order chi connectivity index (χ1) is 17.0. The predicted octanol–water partition coefficient (Wildman–Crippen LogP) is 3.83. The molecule has 0 amide bonds. The van der Waals surface area contributed by atoms with Gasteiger partial charge in [-0.2, -0.15) is 0 Å². The highest BCUT2D eigenvalue weighted by molar-refractivity contribution is 5.91. The molecule has 0 radical (unpaired) electrons. The molecule has 0 aliphatic rings. The molecule has 4 rings (SSSR count). The van der Waals surface area contributed by atoms with Gasteiger partial charge in [0.25, 0.3) is 0 Å². The van der Waals surface area contributed by atoms with Gasteiger partial charge in [-0.05, 0) is 23.1 Å². The van der Waals surface area contributed by atoms with Crippen LogP contribution < -0.4 is 0 Å². The third kappa shape index (κ3) is 4.92. The Morgan fingerprint density at radius 2 is 1.49 bits per heavy atom. The van der Waals surface area contributed by atoms with E-state index in [0.717, 1.165) is 5.56 Å². The van der Waals surface area contributed by atoms with Gasteiger partial charge in [-0.1, -0.05) is 90.8 Å². The summed E-state index contributed by atoms with van der Waals surface area (Å²) in [6.45, 7) is -0.0405. The maximum Gasteiger partial charge on any atom is 0.352 e. The summed E-state index contributed by atoms with van der Waals surface area (Å²) in [5.74, 6) is 4.62. The average molecular weight is 466 g/mol. The van der Waals surface area contributed by atoms with Gasteiger partial charge in [0, 0.05) is 23.2 Å². The van der Waals surface area contributed by atoms with E-state index in [1.807, 2.05) is 12.1 Å². The molecule has 0 bridgehead atoms. The van der Waals surface area contributed by atoms with Crippen LogP contribution in [0, 0.1) is 11.8 Å². The van der Waals surface area contributed by atoms with Gasteiger partial charge in [0.2, 0.25) is 0 Å². The number of hydrogen-bond acceptors (Lipinski definition) is 4. The minimum absolute atomic E-state index is 0.103. The van der Waals surface area contributed by atoms with Crippen molar-refractivity contribution in [2.24, 2.45) is 0 Å². The van der Waals surface area contributed by atoms with E-state index < -0.39 is 11.6 Å². The standard InChI is InChI=1S/C29H23NO5/c31-19-22-9-7-8-21(16-22)18-30-26(23(20-32)17-27(30)28(33)34)14-15-29(35,24-10-3-1-4-11-24)25-12-5-2-6-13-25/h1-13,16-17,20,31,35H,18-19H2,(H,33,34). The fraction of sp³-hybridized carbons (Fsp3) is 0.103. The summed E-state index contributed by atoms with van der Waals surface area (Å²) < 4.78 is 1.44. The van der Waals surface area contributed by atoms with E-state index in [1.165, 1.54) is 10.6 Å². The molecule has 0 unspecified atom stereocenters. The predicted molar refractivity (Wildman–Crippen MR) is 131 cm³/mol. The van der Waals surface area contributed by atoms with Crippen molar-refractivity contribution in [2.45, 2.75) is 18.8 Å². The Balaban J connectivity index is 1.89. The summed E-state index contributed by atoms with van der Waals surface area (Å²) in [5, 5.41) is 31.0. The van der Waals surface area contributed by atoms with Crippen molar-refractivity contribution < 1.29 is 24.9 Å². The van der Waals surface area contributed by atoms with Crippen molar-refractivity contribution in [3.05, 3.63) is 130 Å². The van der Waals surface area contributed by atoms with Crippen molar-refractivity contribution in [1.82, 2.24) is 4.57 Å². The third-order valence-corrected chi connectivity index (χ3v) is 5.73. The number of aliphatic hydroxyl groups excluding tert-OH is 1. The number of carbonyl (C=O) groups is 2. The minimum atomic E-state index is -1.70. The second-order valence-corrected chi connectivity index (χ2v) is 8.01. The third-order valence-electron chi connectivity index (χ3n) is 5.73. The lowest BCUT2D eigenvalue weighted by Crippen LogP contribution is -2.25. The van der Waals surface area contributed by atoms with E-state index in [2.05, 4.69) is 11.8 Å². The summed E-state index contributed by atoms with van der Waals surface area (Å²) in [5.41, 5.74) is 0.978. The van der Waals surface area contributed by atoms with Crippen molar-refractivity contribution in [3.8, 4) is 11.8 Å². The molecule has 0 fully saturated rings. The normalized spacial score (nSPS) is 10.9. The molecule has 0 aliphatic carbocycles. The largest absolute Gasteiger partial charge is 0.477 e. The highest BCUT2D eigenvalue weighted by Gasteiger charge is 2.29. The van der Waals surface area contributed by atoms with Crippen LogP contribution in [-0.4, -0.2) is 32.1 Å². The van der Waals surface area contributed by atoms with Crippen molar-refractivity contribution >= 4 is 12.3 Å². The molecular formula is C29H23NO5. The number of aliphatic hydroxyl groups is 2. The lowest BCUT2D eigenvalue weighted by Gasteiger charge is -2.23. The van der Waals surface area contributed by atoms with Crippen LogP contribution in [0.1, 0.15) is 48.8 Å². The lowest BCUT2D eigenvalue weighted by molar-refractivity contribution is 0.0685. The van der Waals surface area contributed by atoms with Crippen molar-refractivity contribution in [1.29, 1.82) is 0 Å². The number of aldehydes is 1. The van der Waals surface area contributed by atoms with Gasteiger partial charge < -0.3 is 19.9 Å². The topological polar surface area (TPSA) is 99.8 Å². The second kappa shape index (κ2) is 10.2. The lowest BCUT2D eigenvalue weighted by atomic mass is 9.87. The maximum absolute atomic E-state index is 12.0. The number of carboxylic acid groups (broad SMARTS) is 1. The number of aromatic carboxylic acids is 1. The van der Waals surface area contributed by atoms with Crippen LogP contribution in [0.3, 0.4) is 0 Å². The van der Waals surface area contributed by atoms with Crippen molar-refractivity contribution in [3.63, 3.8) is 0 Å². The van der Waals surface area contributed by atoms with E-state index in [0.29, 0.717) is 23.0 Å². The molecule has 6 heteroatoms. The molecule has 0 spiro atoms. The number of carboxylic acids is 1. The summed E-state index contributed by atoms with van der Waals surface area (Å²) in [6, 6.07) is 26.2. The number of benzene rings is 3. The Labute approximate surface area is 202 Å². The van der Waals surface area contributed by atoms with Gasteiger partial charge in [-0.15, -0.1) is 0 Å². The monoisotopic (exact) mass is 465 g/mol. The second-order valence-electron chi connectivity index (χ2n) is 8.01. The SMILES string of the molecule is O=Cc1cc(C(=O)O)n(Cc2cccc(CO)c2)c1C#CC(O)(c1ccccc1)c1ccccc1. The molecule has 35 heavy (non-hydrogen) atoms. The molecule has 0 saturated heterocycles. The average Bonchev–Trinajstić information content (AvgIpc) is 3.25. The smallest absolute Gasteiger partial charge is 0.352 e. The molecule has 3 aromatic carbocycles. The summed E-state index contributed by atoms with van der Waals surface area (Å²) >= 11 is 0. The Morgan fingerprint density at radius 1 is 0.886 bits per heavy atom. The molecule has 174 valence electrons. The Bertz CT molecular complexity index is 1370. The molecule has 1 aromatic heterocycles. The number of nitrogens with zero attached hydrogens (tertiary/aromatic N) is 1. The molecule has 1 heterocycles. The molecule has 6 nitrogen and oxygen atoms in total. The molecule has 4 aromatic rings. The zero-order chi connectivity index (χ0) is 24.8. The van der Waals surface area contributed by atoms with Crippen molar-refractivity contribution in [2.75, 3.05) is 0 Å². The van der Waals surface area contributed by atoms with Gasteiger partial charge in [-0.25, -0.2) is 4.79 Å². The van der Waals surface area contributed by atoms with Gasteiger partial charge in [0.1, 0.15) is 11.4 Å². The molecule has 3 N–H and O–H groups in total. The van der Waals surface area contributed by atoms with E-state index >= 15 is 0 Å². The summed E-state index contributed by atoms with van der Waals surface area (Å²) in [4.78, 5) is 23.8. The van der Waals surface area contributed by atoms with Crippen LogP contribution in [-0.2, 0) is 18.8 Å². The summed E-state index contributed by atoms with van der Waals surface area (Å²) in [7, 11) is 0. The summed E-state index contributed by atoms with van der Waals surface area (Å²) in [6.07, 6.45) is 0.557. The van der Waals surface area contributed by atoms with Crippen LogP contribution in [0.25, 0.3) is 0 Å². The Hall–Kier alpha value is -4.44. The molecule has 0 atom stereocenters. The number of carbonyl (C=O) groups excluding carboxylic acids is 1. The zero-order valence-corrected chi connectivity index (χ0v) is 18.8. The molecule has 0 aliphatic heterocycles. The van der Waals surface area contributed by atoms with Gasteiger partial charge in [0.05, 0.1) is 6.61 Å². The first-order valence-corrected chi connectivity index (χ1v) is 10.9. The van der Waals surface area contributed by atoms with Crippen LogP contribution in [0.4, 0.5) is 0 Å². The quantitative estimate of drug-likeness (QED) is 0.285. The molecule has 0 saturated carbocycles. The van der Waals surface area contributed by atoms with E-state index in [9.17, 15) is 24.9 Å². The fourth-order valence-electron chi connectivity index (χ4n) is 3.97. The van der Waals surface area contributed by atoms with Crippen LogP contribution >= 0.6 is 0 Å². The van der Waals surface area contributed by atoms with Gasteiger partial charge >= 0.3 is 5.97 Å². The number of aromatic nitrogens is 1. The highest BCUT2D eigenvalue weighted by atomic mass is 16.4. The number of hydrogen-bond donors (Lipinski definition) is 3. The first-order valence-electron chi connectivity index (χ1n) is 10.9. The Kier molecular flexibility index (Phi) is 6.93. The van der Waals surface area contributed by atoms with E-state index in [-0.39, 0.29) is 30.1 Å². The minimum Gasteiger partial charge on any atom is -0.477 e. The highest BCUT2D eigenvalue weighted by Crippen LogP contribution is 2.29.